The molecule has 1 N–H and O–H groups in total. The lowest BCUT2D eigenvalue weighted by Crippen LogP contribution is -2.40. The number of hydrogen-bond acceptors (Lipinski definition) is 3. The van der Waals surface area contributed by atoms with Crippen LogP contribution in [0.1, 0.15) is 43.8 Å². The number of halogens is 2. The largest absolute Gasteiger partial charge is 0.469 e. The van der Waals surface area contributed by atoms with Crippen molar-refractivity contribution in [3.8, 4) is 0 Å². The Morgan fingerprint density at radius 2 is 1.95 bits per heavy atom. The Kier molecular flexibility index (Phi) is 4.95. The van der Waals surface area contributed by atoms with Crippen molar-refractivity contribution < 1.29 is 14.6 Å². The maximum Gasteiger partial charge on any atom is 0.314 e. The molecule has 1 aliphatic rings. The van der Waals surface area contributed by atoms with Gasteiger partial charge in [0.15, 0.2) is 0 Å². The number of benzene rings is 1. The lowest BCUT2D eigenvalue weighted by molar-refractivity contribution is -0.164. The molecule has 1 aromatic rings. The summed E-state index contributed by atoms with van der Waals surface area (Å²) in [5.41, 5.74) is -0.367. The topological polar surface area (TPSA) is 46.5 Å². The van der Waals surface area contributed by atoms with Gasteiger partial charge in [-0.25, -0.2) is 0 Å². The minimum absolute atomic E-state index is 0.365. The number of esters is 1. The highest BCUT2D eigenvalue weighted by atomic mass is 35.5. The van der Waals surface area contributed by atoms with E-state index in [2.05, 4.69) is 0 Å². The number of hydrogen-bond donors (Lipinski definition) is 1. The highest BCUT2D eigenvalue weighted by molar-refractivity contribution is 6.35. The van der Waals surface area contributed by atoms with Gasteiger partial charge < -0.3 is 9.84 Å². The van der Waals surface area contributed by atoms with Crippen LogP contribution in [0.25, 0.3) is 0 Å². The molecule has 2 rings (SSSR count). The molecule has 0 aromatic heterocycles. The van der Waals surface area contributed by atoms with E-state index in [-0.39, 0.29) is 5.97 Å². The summed E-state index contributed by atoms with van der Waals surface area (Å²) >= 11 is 12.0. The summed E-state index contributed by atoms with van der Waals surface area (Å²) in [7, 11) is 1.36. The number of aliphatic hydroxyl groups excluding tert-OH is 1. The predicted octanol–water partition coefficient (Wildman–Crippen LogP) is 4.15. The van der Waals surface area contributed by atoms with Crippen LogP contribution in [-0.2, 0) is 9.53 Å². The monoisotopic (exact) mass is 316 g/mol. The number of aliphatic hydroxyl groups is 1. The van der Waals surface area contributed by atoms with E-state index in [1.165, 1.54) is 7.11 Å². The van der Waals surface area contributed by atoms with Crippen LogP contribution in [-0.4, -0.2) is 18.2 Å². The summed E-state index contributed by atoms with van der Waals surface area (Å²) in [5, 5.41) is 11.6. The zero-order valence-corrected chi connectivity index (χ0v) is 12.9. The average molecular weight is 317 g/mol. The summed E-state index contributed by atoms with van der Waals surface area (Å²) in [6, 6.07) is 4.92. The summed E-state index contributed by atoms with van der Waals surface area (Å²) in [6.07, 6.45) is 3.12. The number of rotatable bonds is 3. The van der Waals surface area contributed by atoms with Crippen LogP contribution in [0.15, 0.2) is 18.2 Å². The van der Waals surface area contributed by atoms with Gasteiger partial charge in [-0.15, -0.1) is 0 Å². The van der Waals surface area contributed by atoms with E-state index in [0.717, 1.165) is 19.3 Å². The Morgan fingerprint density at radius 3 is 2.50 bits per heavy atom. The fraction of sp³-hybridized carbons (Fsp3) is 0.533. The van der Waals surface area contributed by atoms with Crippen LogP contribution in [0.5, 0.6) is 0 Å². The molecular formula is C15H18Cl2O3. The summed E-state index contributed by atoms with van der Waals surface area (Å²) in [6.45, 7) is 0. The molecule has 0 radical (unpaired) electrons. The Bertz CT molecular complexity index is 496. The molecule has 5 heteroatoms. The predicted molar refractivity (Wildman–Crippen MR) is 79.0 cm³/mol. The summed E-state index contributed by atoms with van der Waals surface area (Å²) < 4.78 is 4.93. The van der Waals surface area contributed by atoms with E-state index in [1.807, 2.05) is 0 Å². The molecule has 0 saturated heterocycles. The molecule has 1 aromatic carbocycles. The molecule has 20 heavy (non-hydrogen) atoms. The third-order valence-electron chi connectivity index (χ3n) is 4.12. The second-order valence-electron chi connectivity index (χ2n) is 5.28. The first kappa shape index (κ1) is 15.6. The lowest BCUT2D eigenvalue weighted by Gasteiger charge is -2.38. The van der Waals surface area contributed by atoms with Crippen molar-refractivity contribution in [2.24, 2.45) is 5.41 Å². The van der Waals surface area contributed by atoms with Crippen molar-refractivity contribution in [2.45, 2.75) is 38.2 Å². The van der Waals surface area contributed by atoms with Gasteiger partial charge in [0.1, 0.15) is 0 Å². The van der Waals surface area contributed by atoms with Crippen LogP contribution in [0.4, 0.5) is 0 Å². The van der Waals surface area contributed by atoms with Gasteiger partial charge in [-0.1, -0.05) is 48.5 Å². The quantitative estimate of drug-likeness (QED) is 0.852. The third kappa shape index (κ3) is 2.80. The highest BCUT2D eigenvalue weighted by Gasteiger charge is 2.47. The van der Waals surface area contributed by atoms with E-state index >= 15 is 0 Å². The molecule has 110 valence electrons. The van der Waals surface area contributed by atoms with Crippen molar-refractivity contribution in [3.63, 3.8) is 0 Å². The smallest absolute Gasteiger partial charge is 0.314 e. The van der Waals surface area contributed by atoms with E-state index in [0.29, 0.717) is 28.5 Å². The number of carbonyl (C=O) groups excluding carboxylic acids is 1. The standard InChI is InChI=1S/C15H18Cl2O3/c1-20-14(19)15(7-3-2-4-8-15)13(18)11-6-5-10(16)9-12(11)17/h5-6,9,13,18H,2-4,7-8H2,1H3/t13-/m0/s1. The molecule has 1 atom stereocenters. The van der Waals surface area contributed by atoms with Crippen molar-refractivity contribution in [1.29, 1.82) is 0 Å². The van der Waals surface area contributed by atoms with Gasteiger partial charge in [0, 0.05) is 15.6 Å². The molecule has 0 heterocycles. The van der Waals surface area contributed by atoms with Crippen LogP contribution in [0, 0.1) is 5.41 Å². The maximum atomic E-state index is 12.2. The van der Waals surface area contributed by atoms with E-state index in [4.69, 9.17) is 27.9 Å². The second kappa shape index (κ2) is 6.33. The normalized spacial score (nSPS) is 19.4. The van der Waals surface area contributed by atoms with Gasteiger partial charge in [0.05, 0.1) is 18.6 Å². The Morgan fingerprint density at radius 1 is 1.30 bits per heavy atom. The number of ether oxygens (including phenoxy) is 1. The van der Waals surface area contributed by atoms with Crippen LogP contribution in [0.2, 0.25) is 10.0 Å². The fourth-order valence-electron chi connectivity index (χ4n) is 3.00. The lowest BCUT2D eigenvalue weighted by atomic mass is 9.68. The molecule has 0 spiro atoms. The molecule has 0 unspecified atom stereocenters. The third-order valence-corrected chi connectivity index (χ3v) is 4.68. The maximum absolute atomic E-state index is 12.2. The van der Waals surface area contributed by atoms with Gasteiger partial charge in [-0.05, 0) is 25.0 Å². The minimum Gasteiger partial charge on any atom is -0.469 e. The van der Waals surface area contributed by atoms with Crippen molar-refractivity contribution in [1.82, 2.24) is 0 Å². The minimum atomic E-state index is -0.972. The zero-order valence-electron chi connectivity index (χ0n) is 11.4. The average Bonchev–Trinajstić information content (AvgIpc) is 2.46. The molecule has 3 nitrogen and oxygen atoms in total. The fourth-order valence-corrected chi connectivity index (χ4v) is 3.51. The summed E-state index contributed by atoms with van der Waals surface area (Å²) in [5.74, 6) is -0.365. The molecule has 1 saturated carbocycles. The van der Waals surface area contributed by atoms with E-state index in [1.54, 1.807) is 18.2 Å². The number of carbonyl (C=O) groups is 1. The molecule has 0 bridgehead atoms. The zero-order chi connectivity index (χ0) is 14.8. The molecule has 1 aliphatic carbocycles. The van der Waals surface area contributed by atoms with E-state index < -0.39 is 11.5 Å². The van der Waals surface area contributed by atoms with Gasteiger partial charge in [0.2, 0.25) is 0 Å². The van der Waals surface area contributed by atoms with Gasteiger partial charge in [-0.2, -0.15) is 0 Å². The van der Waals surface area contributed by atoms with Gasteiger partial charge in [0.25, 0.3) is 0 Å². The highest BCUT2D eigenvalue weighted by Crippen LogP contribution is 2.48. The van der Waals surface area contributed by atoms with Crippen molar-refractivity contribution >= 4 is 29.2 Å². The Hall–Kier alpha value is -0.770. The van der Waals surface area contributed by atoms with Crippen LogP contribution < -0.4 is 0 Å². The molecular weight excluding hydrogens is 299 g/mol. The van der Waals surface area contributed by atoms with Crippen molar-refractivity contribution in [2.75, 3.05) is 7.11 Å². The van der Waals surface area contributed by atoms with Gasteiger partial charge in [-0.3, -0.25) is 4.79 Å². The Labute approximate surface area is 128 Å². The molecule has 0 aliphatic heterocycles. The molecule has 0 amide bonds. The van der Waals surface area contributed by atoms with E-state index in [9.17, 15) is 9.90 Å². The first-order valence-corrected chi connectivity index (χ1v) is 7.48. The van der Waals surface area contributed by atoms with Crippen LogP contribution in [0.3, 0.4) is 0 Å². The second-order valence-corrected chi connectivity index (χ2v) is 6.12. The summed E-state index contributed by atoms with van der Waals surface area (Å²) in [4.78, 5) is 12.2. The van der Waals surface area contributed by atoms with Crippen LogP contribution >= 0.6 is 23.2 Å². The SMILES string of the molecule is COC(=O)C1([C@@H](O)c2ccc(Cl)cc2Cl)CCCCC1. The Balaban J connectivity index is 2.40. The number of methoxy groups -OCH3 is 1. The van der Waals surface area contributed by atoms with Gasteiger partial charge >= 0.3 is 5.97 Å². The van der Waals surface area contributed by atoms with Crippen molar-refractivity contribution in [3.05, 3.63) is 33.8 Å². The first-order valence-electron chi connectivity index (χ1n) is 6.73. The molecule has 1 fully saturated rings. The first-order chi connectivity index (χ1) is 9.51.